The summed E-state index contributed by atoms with van der Waals surface area (Å²) >= 11 is 6.40. The molecule has 5 nitrogen and oxygen atoms in total. The minimum atomic E-state index is -0.0990. The number of anilines is 1. The van der Waals surface area contributed by atoms with E-state index in [1.807, 2.05) is 32.3 Å². The second-order valence-corrected chi connectivity index (χ2v) is 8.16. The zero-order valence-electron chi connectivity index (χ0n) is 17.7. The first-order chi connectivity index (χ1) is 13.6. The van der Waals surface area contributed by atoms with Gasteiger partial charge in [0.2, 0.25) is 0 Å². The normalized spacial score (nSPS) is 14.0. The summed E-state index contributed by atoms with van der Waals surface area (Å²) < 4.78 is 0. The molecule has 1 aromatic heterocycles. The molecule has 1 heterocycles. The van der Waals surface area contributed by atoms with Gasteiger partial charge in [-0.25, -0.2) is 4.98 Å². The van der Waals surface area contributed by atoms with Crippen LogP contribution in [0.2, 0.25) is 5.02 Å². The Kier molecular flexibility index (Phi) is 11.8. The van der Waals surface area contributed by atoms with E-state index in [0.29, 0.717) is 16.5 Å². The van der Waals surface area contributed by atoms with Gasteiger partial charge >= 0.3 is 0 Å². The van der Waals surface area contributed by atoms with E-state index < -0.39 is 0 Å². The molecule has 168 valence electrons. The Morgan fingerprint density at radius 3 is 2.60 bits per heavy atom. The molecule has 2 N–H and O–H groups in total. The van der Waals surface area contributed by atoms with E-state index in [1.54, 1.807) is 6.07 Å². The topological polar surface area (TPSA) is 57.3 Å². The average molecular weight is 476 g/mol. The number of nitrogens with one attached hydrogen (secondary N) is 2. The van der Waals surface area contributed by atoms with Crippen LogP contribution in [0.5, 0.6) is 0 Å². The lowest BCUT2D eigenvalue weighted by atomic mass is 9.89. The molecule has 0 aliphatic heterocycles. The number of hydrogen-bond donors (Lipinski definition) is 2. The van der Waals surface area contributed by atoms with Gasteiger partial charge in [0.25, 0.3) is 5.91 Å². The molecule has 30 heavy (non-hydrogen) atoms. The van der Waals surface area contributed by atoms with E-state index in [4.69, 9.17) is 16.6 Å². The lowest BCUT2D eigenvalue weighted by molar-refractivity contribution is 0.0945. The van der Waals surface area contributed by atoms with Crippen molar-refractivity contribution in [3.8, 4) is 0 Å². The monoisotopic (exact) mass is 474 g/mol. The van der Waals surface area contributed by atoms with Crippen LogP contribution in [0.15, 0.2) is 24.3 Å². The Hall–Kier alpha value is -1.27. The standard InChI is InChI=1S/C22H31ClN4O.2ClH/c1-24-13-6-14-27(2)20-12-9-17-19(26-20)11-10-18(23)21(17)22(28)25-15-16-7-4-3-5-8-16;;/h9-12,16,24H,3-8,13-15H2,1-2H3,(H,25,28);2*1H. The fourth-order valence-corrected chi connectivity index (χ4v) is 4.18. The summed E-state index contributed by atoms with van der Waals surface area (Å²) in [5.74, 6) is 1.39. The number of rotatable bonds is 8. The van der Waals surface area contributed by atoms with Gasteiger partial charge in [0.05, 0.1) is 16.1 Å². The number of carbonyl (C=O) groups is 1. The van der Waals surface area contributed by atoms with Crippen LogP contribution in [0.4, 0.5) is 5.82 Å². The van der Waals surface area contributed by atoms with E-state index in [0.717, 1.165) is 42.8 Å². The molecular weight excluding hydrogens is 443 g/mol. The lowest BCUT2D eigenvalue weighted by Crippen LogP contribution is -2.30. The Morgan fingerprint density at radius 1 is 1.17 bits per heavy atom. The van der Waals surface area contributed by atoms with Crippen molar-refractivity contribution in [3.63, 3.8) is 0 Å². The number of carbonyl (C=O) groups excluding carboxylic acids is 1. The number of halogens is 3. The highest BCUT2D eigenvalue weighted by Crippen LogP contribution is 2.28. The second-order valence-electron chi connectivity index (χ2n) is 7.75. The van der Waals surface area contributed by atoms with Crippen LogP contribution >= 0.6 is 36.4 Å². The molecule has 0 bridgehead atoms. The third kappa shape index (κ3) is 6.88. The van der Waals surface area contributed by atoms with Crippen molar-refractivity contribution >= 4 is 59.0 Å². The van der Waals surface area contributed by atoms with Crippen LogP contribution < -0.4 is 15.5 Å². The minimum Gasteiger partial charge on any atom is -0.360 e. The average Bonchev–Trinajstić information content (AvgIpc) is 2.72. The Balaban J connectivity index is 0.00000225. The highest BCUT2D eigenvalue weighted by molar-refractivity contribution is 6.35. The Bertz CT molecular complexity index is 812. The molecule has 0 saturated heterocycles. The number of pyridine rings is 1. The molecule has 1 fully saturated rings. The van der Waals surface area contributed by atoms with Crippen molar-refractivity contribution in [2.45, 2.75) is 38.5 Å². The van der Waals surface area contributed by atoms with E-state index >= 15 is 0 Å². The van der Waals surface area contributed by atoms with E-state index in [-0.39, 0.29) is 30.7 Å². The highest BCUT2D eigenvalue weighted by atomic mass is 35.5. The summed E-state index contributed by atoms with van der Waals surface area (Å²) in [4.78, 5) is 19.8. The number of fused-ring (bicyclic) bond motifs is 1. The van der Waals surface area contributed by atoms with Gasteiger partial charge in [0, 0.05) is 25.5 Å². The van der Waals surface area contributed by atoms with Crippen LogP contribution in [-0.2, 0) is 0 Å². The van der Waals surface area contributed by atoms with Crippen LogP contribution in [0, 0.1) is 5.92 Å². The highest BCUT2D eigenvalue weighted by Gasteiger charge is 2.19. The second kappa shape index (κ2) is 13.2. The molecule has 2 aromatic rings. The van der Waals surface area contributed by atoms with Gasteiger partial charge in [0.1, 0.15) is 5.82 Å². The smallest absolute Gasteiger partial charge is 0.253 e. The molecule has 1 amide bonds. The number of aromatic nitrogens is 1. The van der Waals surface area contributed by atoms with Gasteiger partial charge in [0.15, 0.2) is 0 Å². The zero-order valence-corrected chi connectivity index (χ0v) is 20.1. The van der Waals surface area contributed by atoms with Crippen molar-refractivity contribution in [3.05, 3.63) is 34.9 Å². The quantitative estimate of drug-likeness (QED) is 0.522. The Labute approximate surface area is 197 Å². The fourth-order valence-electron chi connectivity index (χ4n) is 3.93. The van der Waals surface area contributed by atoms with Gasteiger partial charge in [-0.2, -0.15) is 0 Å². The van der Waals surface area contributed by atoms with Gasteiger partial charge in [-0.15, -0.1) is 24.8 Å². The SMILES string of the molecule is CNCCCN(C)c1ccc2c(C(=O)NCC3CCCCC3)c(Cl)ccc2n1.Cl.Cl. The van der Waals surface area contributed by atoms with E-state index in [9.17, 15) is 4.79 Å². The summed E-state index contributed by atoms with van der Waals surface area (Å²) in [7, 11) is 4.00. The fraction of sp³-hybridized carbons (Fsp3) is 0.545. The van der Waals surface area contributed by atoms with Gasteiger partial charge < -0.3 is 15.5 Å². The van der Waals surface area contributed by atoms with Crippen LogP contribution in [0.3, 0.4) is 0 Å². The van der Waals surface area contributed by atoms with E-state index in [1.165, 1.54) is 32.1 Å². The van der Waals surface area contributed by atoms with Crippen molar-refractivity contribution in [2.75, 3.05) is 38.6 Å². The van der Waals surface area contributed by atoms with Crippen LogP contribution in [-0.4, -0.2) is 44.6 Å². The molecule has 1 aliphatic rings. The molecular formula is C22H33Cl3N4O. The van der Waals surface area contributed by atoms with Crippen molar-refractivity contribution in [1.29, 1.82) is 0 Å². The Morgan fingerprint density at radius 2 is 1.90 bits per heavy atom. The van der Waals surface area contributed by atoms with Crippen LogP contribution in [0.1, 0.15) is 48.9 Å². The van der Waals surface area contributed by atoms with Crippen LogP contribution in [0.25, 0.3) is 10.9 Å². The van der Waals surface area contributed by atoms with Gasteiger partial charge in [-0.05, 0) is 63.0 Å². The molecule has 1 aromatic carbocycles. The maximum atomic E-state index is 12.9. The maximum absolute atomic E-state index is 12.9. The summed E-state index contributed by atoms with van der Waals surface area (Å²) in [5.41, 5.74) is 1.33. The first-order valence-electron chi connectivity index (χ1n) is 10.3. The third-order valence-electron chi connectivity index (χ3n) is 5.62. The maximum Gasteiger partial charge on any atom is 0.253 e. The summed E-state index contributed by atoms with van der Waals surface area (Å²) in [5, 5.41) is 7.55. The minimum absolute atomic E-state index is 0. The predicted molar refractivity (Wildman–Crippen MR) is 132 cm³/mol. The molecule has 0 atom stereocenters. The van der Waals surface area contributed by atoms with Gasteiger partial charge in [-0.3, -0.25) is 4.79 Å². The largest absolute Gasteiger partial charge is 0.360 e. The number of benzene rings is 1. The first kappa shape index (κ1) is 26.8. The molecule has 0 radical (unpaired) electrons. The molecule has 0 unspecified atom stereocenters. The summed E-state index contributed by atoms with van der Waals surface area (Å²) in [6.07, 6.45) is 7.30. The number of amides is 1. The van der Waals surface area contributed by atoms with Crippen molar-refractivity contribution in [1.82, 2.24) is 15.6 Å². The molecule has 0 spiro atoms. The predicted octanol–water partition coefficient (Wildman–Crippen LogP) is 5.09. The van der Waals surface area contributed by atoms with Gasteiger partial charge in [-0.1, -0.05) is 30.9 Å². The molecule has 3 rings (SSSR count). The molecule has 8 heteroatoms. The van der Waals surface area contributed by atoms with Crippen molar-refractivity contribution < 1.29 is 4.79 Å². The van der Waals surface area contributed by atoms with E-state index in [2.05, 4.69) is 15.5 Å². The summed E-state index contributed by atoms with van der Waals surface area (Å²) in [6, 6.07) is 7.60. The number of nitrogens with zero attached hydrogens (tertiary/aromatic N) is 2. The van der Waals surface area contributed by atoms with Crippen molar-refractivity contribution in [2.24, 2.45) is 5.92 Å². The summed E-state index contributed by atoms with van der Waals surface area (Å²) in [6.45, 7) is 2.62. The molecule has 1 aliphatic carbocycles. The zero-order chi connectivity index (χ0) is 19.9. The lowest BCUT2D eigenvalue weighted by Gasteiger charge is -2.22. The third-order valence-corrected chi connectivity index (χ3v) is 5.94. The first-order valence-corrected chi connectivity index (χ1v) is 10.7. The number of hydrogen-bond acceptors (Lipinski definition) is 4. The molecule has 1 saturated carbocycles.